The molecular formula is C23H21BrN4OS. The number of thioether (sulfide) groups is 1. The zero-order chi connectivity index (χ0) is 20.9. The Hall–Kier alpha value is -2.64. The summed E-state index contributed by atoms with van der Waals surface area (Å²) in [5, 5.41) is 14.6. The van der Waals surface area contributed by atoms with Crippen LogP contribution in [-0.2, 0) is 6.54 Å². The van der Waals surface area contributed by atoms with Crippen LogP contribution in [0.1, 0.15) is 29.5 Å². The van der Waals surface area contributed by atoms with Gasteiger partial charge < -0.3 is 5.32 Å². The lowest BCUT2D eigenvalue weighted by Gasteiger charge is -2.12. The molecule has 0 unspecified atom stereocenters. The molecule has 0 saturated carbocycles. The van der Waals surface area contributed by atoms with Gasteiger partial charge in [-0.1, -0.05) is 71.0 Å². The van der Waals surface area contributed by atoms with Gasteiger partial charge in [0.05, 0.1) is 6.54 Å². The molecule has 1 N–H and O–H groups in total. The van der Waals surface area contributed by atoms with E-state index in [4.69, 9.17) is 0 Å². The molecule has 0 saturated heterocycles. The van der Waals surface area contributed by atoms with E-state index in [0.29, 0.717) is 11.4 Å². The summed E-state index contributed by atoms with van der Waals surface area (Å²) in [4.78, 5) is 12.9. The van der Waals surface area contributed by atoms with Crippen molar-refractivity contribution in [1.29, 1.82) is 0 Å². The maximum Gasteiger partial charge on any atom is 0.252 e. The van der Waals surface area contributed by atoms with Gasteiger partial charge in [0, 0.05) is 21.5 Å². The molecule has 5 nitrogen and oxygen atoms in total. The molecule has 4 aromatic rings. The van der Waals surface area contributed by atoms with E-state index in [-0.39, 0.29) is 12.5 Å². The number of aromatic nitrogens is 3. The summed E-state index contributed by atoms with van der Waals surface area (Å²) in [6.45, 7) is 2.43. The topological polar surface area (TPSA) is 59.8 Å². The Morgan fingerprint density at radius 1 is 1.03 bits per heavy atom. The fraction of sp³-hybridized carbons (Fsp3) is 0.174. The van der Waals surface area contributed by atoms with E-state index in [9.17, 15) is 4.79 Å². The Balaban J connectivity index is 1.60. The van der Waals surface area contributed by atoms with E-state index in [1.165, 1.54) is 0 Å². The van der Waals surface area contributed by atoms with E-state index >= 15 is 0 Å². The summed E-state index contributed by atoms with van der Waals surface area (Å²) in [7, 11) is 0. The summed E-state index contributed by atoms with van der Waals surface area (Å²) < 4.78 is 3.02. The van der Waals surface area contributed by atoms with Crippen molar-refractivity contribution >= 4 is 44.4 Å². The van der Waals surface area contributed by atoms with Crippen LogP contribution in [0.5, 0.6) is 0 Å². The molecule has 30 heavy (non-hydrogen) atoms. The Morgan fingerprint density at radius 2 is 1.80 bits per heavy atom. The van der Waals surface area contributed by atoms with Crippen molar-refractivity contribution in [3.63, 3.8) is 0 Å². The summed E-state index contributed by atoms with van der Waals surface area (Å²) in [6, 6.07) is 21.7. The van der Waals surface area contributed by atoms with Crippen LogP contribution in [0.4, 0.5) is 0 Å². The third kappa shape index (κ3) is 4.42. The molecule has 4 rings (SSSR count). The Morgan fingerprint density at radius 3 is 2.60 bits per heavy atom. The van der Waals surface area contributed by atoms with Crippen LogP contribution in [0.15, 0.2) is 76.4 Å². The molecule has 3 aromatic carbocycles. The zero-order valence-electron chi connectivity index (χ0n) is 16.5. The van der Waals surface area contributed by atoms with Crippen molar-refractivity contribution < 1.29 is 4.79 Å². The number of hydrogen-bond acceptors (Lipinski definition) is 4. The first-order valence-electron chi connectivity index (χ1n) is 9.76. The van der Waals surface area contributed by atoms with Crippen molar-refractivity contribution in [2.75, 3.05) is 5.75 Å². The van der Waals surface area contributed by atoms with Crippen molar-refractivity contribution in [1.82, 2.24) is 20.1 Å². The third-order valence-corrected chi connectivity index (χ3v) is 6.33. The maximum atomic E-state index is 12.9. The molecule has 1 aromatic heterocycles. The standard InChI is InChI=1S/C23H21BrN4OS/c1-2-14-30-23-27-26-21(28(23)18-12-10-17(24)11-13-18)15-25-22(29)20-9-5-7-16-6-3-4-8-19(16)20/h3-13H,2,14-15H2,1H3,(H,25,29). The fourth-order valence-corrected chi connectivity index (χ4v) is 4.32. The highest BCUT2D eigenvalue weighted by Crippen LogP contribution is 2.24. The van der Waals surface area contributed by atoms with Crippen LogP contribution in [0.25, 0.3) is 16.5 Å². The van der Waals surface area contributed by atoms with Gasteiger partial charge in [0.2, 0.25) is 0 Å². The normalized spacial score (nSPS) is 11.0. The number of nitrogens with one attached hydrogen (secondary N) is 1. The van der Waals surface area contributed by atoms with Crippen molar-refractivity contribution in [3.05, 3.63) is 82.6 Å². The zero-order valence-corrected chi connectivity index (χ0v) is 18.9. The van der Waals surface area contributed by atoms with Gasteiger partial charge in [-0.25, -0.2) is 0 Å². The van der Waals surface area contributed by atoms with E-state index in [0.717, 1.165) is 38.3 Å². The molecule has 0 bridgehead atoms. The predicted molar refractivity (Wildman–Crippen MR) is 125 cm³/mol. The van der Waals surface area contributed by atoms with Crippen LogP contribution in [-0.4, -0.2) is 26.4 Å². The van der Waals surface area contributed by atoms with E-state index in [1.54, 1.807) is 11.8 Å². The fourth-order valence-electron chi connectivity index (χ4n) is 3.23. The largest absolute Gasteiger partial charge is 0.345 e. The number of carbonyl (C=O) groups excluding carboxylic acids is 1. The average molecular weight is 481 g/mol. The van der Waals surface area contributed by atoms with Crippen molar-refractivity contribution in [2.24, 2.45) is 0 Å². The van der Waals surface area contributed by atoms with Crippen LogP contribution in [0.3, 0.4) is 0 Å². The molecule has 0 fully saturated rings. The molecule has 0 spiro atoms. The van der Waals surface area contributed by atoms with Gasteiger partial charge in [-0.2, -0.15) is 0 Å². The molecule has 0 aliphatic carbocycles. The van der Waals surface area contributed by atoms with Gasteiger partial charge in [-0.3, -0.25) is 9.36 Å². The SMILES string of the molecule is CCCSc1nnc(CNC(=O)c2cccc3ccccc23)n1-c1ccc(Br)cc1. The minimum atomic E-state index is -0.125. The van der Waals surface area contributed by atoms with E-state index in [2.05, 4.69) is 38.4 Å². The summed E-state index contributed by atoms with van der Waals surface area (Å²) in [5.74, 6) is 1.53. The monoisotopic (exact) mass is 480 g/mol. The summed E-state index contributed by atoms with van der Waals surface area (Å²) in [6.07, 6.45) is 1.05. The van der Waals surface area contributed by atoms with Crippen molar-refractivity contribution in [2.45, 2.75) is 25.0 Å². The highest BCUT2D eigenvalue weighted by atomic mass is 79.9. The van der Waals surface area contributed by atoms with Gasteiger partial charge in [0.1, 0.15) is 0 Å². The van der Waals surface area contributed by atoms with Crippen LogP contribution in [0, 0.1) is 0 Å². The second-order valence-electron chi connectivity index (χ2n) is 6.77. The average Bonchev–Trinajstić information content (AvgIpc) is 3.19. The molecule has 0 aliphatic rings. The van der Waals surface area contributed by atoms with Gasteiger partial charge in [-0.15, -0.1) is 10.2 Å². The summed E-state index contributed by atoms with van der Waals surface area (Å²) in [5.41, 5.74) is 1.62. The lowest BCUT2D eigenvalue weighted by atomic mass is 10.0. The molecule has 0 aliphatic heterocycles. The molecule has 152 valence electrons. The number of fused-ring (bicyclic) bond motifs is 1. The minimum Gasteiger partial charge on any atom is -0.345 e. The number of rotatable bonds is 7. The smallest absolute Gasteiger partial charge is 0.252 e. The lowest BCUT2D eigenvalue weighted by molar-refractivity contribution is 0.0951. The van der Waals surface area contributed by atoms with Crippen molar-refractivity contribution in [3.8, 4) is 5.69 Å². The van der Waals surface area contributed by atoms with Gasteiger partial charge in [-0.05, 0) is 47.5 Å². The molecule has 1 heterocycles. The maximum absolute atomic E-state index is 12.9. The van der Waals surface area contributed by atoms with E-state index < -0.39 is 0 Å². The molecule has 7 heteroatoms. The number of nitrogens with zero attached hydrogens (tertiary/aromatic N) is 3. The minimum absolute atomic E-state index is 0.125. The Labute approximate surface area is 188 Å². The summed E-state index contributed by atoms with van der Waals surface area (Å²) >= 11 is 5.14. The first-order valence-corrected chi connectivity index (χ1v) is 11.5. The third-order valence-electron chi connectivity index (χ3n) is 4.66. The molecule has 0 radical (unpaired) electrons. The van der Waals surface area contributed by atoms with Crippen LogP contribution >= 0.6 is 27.7 Å². The number of benzene rings is 3. The van der Waals surface area contributed by atoms with Gasteiger partial charge in [0.15, 0.2) is 11.0 Å². The van der Waals surface area contributed by atoms with Gasteiger partial charge in [0.25, 0.3) is 5.91 Å². The Bertz CT molecular complexity index is 1170. The van der Waals surface area contributed by atoms with Crippen LogP contribution < -0.4 is 5.32 Å². The number of carbonyl (C=O) groups is 1. The quantitative estimate of drug-likeness (QED) is 0.349. The molecule has 0 atom stereocenters. The number of amides is 1. The van der Waals surface area contributed by atoms with Crippen LogP contribution in [0.2, 0.25) is 0 Å². The number of halogens is 1. The molecule has 1 amide bonds. The second-order valence-corrected chi connectivity index (χ2v) is 8.75. The second kappa shape index (κ2) is 9.45. The highest BCUT2D eigenvalue weighted by molar-refractivity contribution is 9.10. The van der Waals surface area contributed by atoms with E-state index in [1.807, 2.05) is 71.3 Å². The molecular weight excluding hydrogens is 460 g/mol. The lowest BCUT2D eigenvalue weighted by Crippen LogP contribution is -2.25. The first-order chi connectivity index (χ1) is 14.7. The van der Waals surface area contributed by atoms with Gasteiger partial charge >= 0.3 is 0 Å². The first kappa shape index (κ1) is 20.6. The predicted octanol–water partition coefficient (Wildman–Crippen LogP) is 5.62. The highest BCUT2D eigenvalue weighted by Gasteiger charge is 2.16. The number of hydrogen-bond donors (Lipinski definition) is 1. The Kier molecular flexibility index (Phi) is 6.50.